The van der Waals surface area contributed by atoms with Crippen LogP contribution in [0, 0.1) is 0 Å². The molecule has 0 aliphatic carbocycles. The van der Waals surface area contributed by atoms with Gasteiger partial charge in [-0.05, 0) is 35.4 Å². The van der Waals surface area contributed by atoms with Gasteiger partial charge in [-0.15, -0.1) is 0 Å². The van der Waals surface area contributed by atoms with E-state index in [9.17, 15) is 54.4 Å². The molecule has 0 spiro atoms. The van der Waals surface area contributed by atoms with Crippen molar-refractivity contribution in [2.24, 2.45) is 0 Å². The molecule has 2 aromatic carbocycles. The van der Waals surface area contributed by atoms with Gasteiger partial charge in [0.2, 0.25) is 35.7 Å². The number of benzene rings is 2. The summed E-state index contributed by atoms with van der Waals surface area (Å²) in [6, 6.07) is 6.75. The van der Waals surface area contributed by atoms with Crippen LogP contribution < -0.4 is 155 Å². The topological polar surface area (TPSA) is 444 Å². The Morgan fingerprint density at radius 2 is 0.985 bits per heavy atom. The Morgan fingerprint density at radius 1 is 0.606 bits per heavy atom. The summed E-state index contributed by atoms with van der Waals surface area (Å²) in [5.41, 5.74) is -0.596. The Balaban J connectivity index is 0.0000106. The number of anilines is 8. The van der Waals surface area contributed by atoms with Crippen molar-refractivity contribution in [3.05, 3.63) is 47.5 Å². The minimum Gasteiger partial charge on any atom is -0.748 e. The van der Waals surface area contributed by atoms with Crippen LogP contribution in [0.2, 0.25) is 0 Å². The molecule has 66 heavy (non-hydrogen) atoms. The van der Waals surface area contributed by atoms with Crippen LogP contribution in [0.4, 0.5) is 47.1 Å². The largest absolute Gasteiger partial charge is 1.00 e. The standard InChI is InChI=1S/C30H40N12O16S4.4Na/c43-15-21(45)13-33-27-37-25(31-7-9-59-58-57-47)39-29(41-27)35-19-5-3-17(23(11-19)61(51,52)53)1-2-18-4-6-20(12-24(18)62(54,55)56)36-30-40-26(32-8-10-60(48,49)50)38-28(42-30)34-14-22(46)16-44;;;;/h1-6,11-12,21-22,43-47H,7-10,13-16H2,(H,48,49,50)(H,51,52,53)(H,54,55,56)(H3,31,33,35,37,39,41)(H3,32,34,36,38,40,42);;;;/q;4*+1/p-4. The second kappa shape index (κ2) is 31.2. The number of aliphatic hydroxyl groups is 4. The molecular formula is C30H36N12Na4O16S4. The van der Waals surface area contributed by atoms with Crippen molar-refractivity contribution in [1.29, 1.82) is 0 Å². The normalized spacial score (nSPS) is 12.3. The van der Waals surface area contributed by atoms with E-state index < -0.39 is 77.9 Å². The zero-order valence-corrected chi connectivity index (χ0v) is 46.7. The van der Waals surface area contributed by atoms with Crippen LogP contribution in [-0.4, -0.2) is 152 Å². The fourth-order valence-corrected chi connectivity index (χ4v) is 6.68. The molecule has 28 nitrogen and oxygen atoms in total. The molecule has 0 fully saturated rings. The van der Waals surface area contributed by atoms with Crippen LogP contribution in [0.25, 0.3) is 12.2 Å². The molecular weight excluding hydrogens is 1000 g/mol. The monoisotopic (exact) mass is 1040 g/mol. The van der Waals surface area contributed by atoms with E-state index in [-0.39, 0.29) is 202 Å². The summed E-state index contributed by atoms with van der Waals surface area (Å²) in [5.74, 6) is -1.80. The van der Waals surface area contributed by atoms with Crippen molar-refractivity contribution < 1.29 is 192 Å². The van der Waals surface area contributed by atoms with E-state index in [1.54, 1.807) is 0 Å². The summed E-state index contributed by atoms with van der Waals surface area (Å²) < 4.78 is 112. The van der Waals surface area contributed by atoms with E-state index in [0.29, 0.717) is 12.0 Å². The maximum absolute atomic E-state index is 12.4. The van der Waals surface area contributed by atoms with Crippen molar-refractivity contribution >= 4 is 102 Å². The van der Waals surface area contributed by atoms with E-state index in [1.807, 2.05) is 0 Å². The zero-order chi connectivity index (χ0) is 45.5. The summed E-state index contributed by atoms with van der Waals surface area (Å²) in [7, 11) is -15.1. The average Bonchev–Trinajstić information content (AvgIpc) is 3.20. The molecule has 2 aromatic heterocycles. The zero-order valence-electron chi connectivity index (χ0n) is 35.4. The Kier molecular flexibility index (Phi) is 30.6. The number of aromatic nitrogens is 6. The van der Waals surface area contributed by atoms with Gasteiger partial charge < -0.3 is 71.2 Å². The van der Waals surface area contributed by atoms with Gasteiger partial charge >= 0.3 is 118 Å². The molecule has 0 bridgehead atoms. The van der Waals surface area contributed by atoms with Crippen molar-refractivity contribution in [2.45, 2.75) is 22.0 Å². The minimum atomic E-state index is -5.25. The molecule has 2 heterocycles. The number of nitrogens with zero attached hydrogens (tertiary/aromatic N) is 6. The average molecular weight is 1040 g/mol. The molecule has 2 atom stereocenters. The molecule has 0 saturated heterocycles. The Morgan fingerprint density at radius 3 is 1.35 bits per heavy atom. The van der Waals surface area contributed by atoms with Gasteiger partial charge in [0, 0.05) is 55.3 Å². The number of nitrogens with one attached hydrogen (secondary N) is 6. The minimum absolute atomic E-state index is 0. The SMILES string of the molecule is O=S(=O)([O-])CCNc1nc(NCC(O)CO)nc(Nc2ccc(C=Cc3ccc(Nc4nc(NCCSOO[O-])nc(NCC(O)CO)n4)cc3S(=O)(=O)[O-])c(S(=O)(=O)[O-])c2)n1.[Na+].[Na+].[Na+].[Na+]. The van der Waals surface area contributed by atoms with E-state index >= 15 is 0 Å². The van der Waals surface area contributed by atoms with E-state index in [2.05, 4.69) is 71.2 Å². The number of aliphatic hydroxyl groups excluding tert-OH is 4. The fraction of sp³-hybridized carbons (Fsp3) is 0.333. The quantitative estimate of drug-likeness (QED) is 0.00531. The second-order valence-corrected chi connectivity index (χ2v) is 17.1. The molecule has 2 unspecified atom stereocenters. The predicted octanol–water partition coefficient (Wildman–Crippen LogP) is -14.7. The van der Waals surface area contributed by atoms with Crippen LogP contribution in [0.3, 0.4) is 0 Å². The molecule has 4 aromatic rings. The smallest absolute Gasteiger partial charge is 0.748 e. The van der Waals surface area contributed by atoms with Gasteiger partial charge in [0.1, 0.15) is 20.2 Å². The number of hydrogen-bond donors (Lipinski definition) is 10. The summed E-state index contributed by atoms with van der Waals surface area (Å²) in [6.07, 6.45) is -0.300. The molecule has 4 rings (SSSR count). The Hall–Kier alpha value is -1.20. The molecule has 0 amide bonds. The van der Waals surface area contributed by atoms with Gasteiger partial charge in [-0.2, -0.15) is 34.2 Å². The van der Waals surface area contributed by atoms with E-state index in [4.69, 9.17) is 10.2 Å². The molecule has 0 radical (unpaired) electrons. The van der Waals surface area contributed by atoms with Gasteiger partial charge in [-0.1, -0.05) is 24.3 Å². The Labute approximate surface area is 470 Å². The van der Waals surface area contributed by atoms with Crippen LogP contribution in [0.1, 0.15) is 11.1 Å². The van der Waals surface area contributed by atoms with E-state index in [0.717, 1.165) is 30.4 Å². The molecule has 0 aliphatic heterocycles. The van der Waals surface area contributed by atoms with Gasteiger partial charge in [-0.25, -0.2) is 25.3 Å². The molecule has 0 saturated carbocycles. The van der Waals surface area contributed by atoms with Crippen molar-refractivity contribution in [1.82, 2.24) is 29.9 Å². The Bertz CT molecular complexity index is 2530. The first-order valence-electron chi connectivity index (χ1n) is 17.3. The van der Waals surface area contributed by atoms with Crippen molar-refractivity contribution in [2.75, 3.05) is 82.8 Å². The van der Waals surface area contributed by atoms with Crippen LogP contribution in [0.15, 0.2) is 46.2 Å². The first-order valence-corrected chi connectivity index (χ1v) is 22.6. The maximum atomic E-state index is 12.4. The third-order valence-corrected chi connectivity index (χ3v) is 10.4. The van der Waals surface area contributed by atoms with Crippen LogP contribution >= 0.6 is 12.0 Å². The first-order chi connectivity index (χ1) is 29.3. The van der Waals surface area contributed by atoms with Crippen LogP contribution in [-0.2, 0) is 39.7 Å². The summed E-state index contributed by atoms with van der Waals surface area (Å²) in [4.78, 5) is 22.8. The van der Waals surface area contributed by atoms with Gasteiger partial charge in [0.25, 0.3) is 0 Å². The molecule has 36 heteroatoms. The van der Waals surface area contributed by atoms with Crippen molar-refractivity contribution in [3.63, 3.8) is 0 Å². The molecule has 340 valence electrons. The van der Waals surface area contributed by atoms with Gasteiger partial charge in [0.05, 0.1) is 51.1 Å². The maximum Gasteiger partial charge on any atom is 1.00 e. The second-order valence-electron chi connectivity index (χ2n) is 12.1. The number of rotatable bonds is 26. The summed E-state index contributed by atoms with van der Waals surface area (Å²) >= 11 is 0.674. The van der Waals surface area contributed by atoms with Gasteiger partial charge in [-0.3, -0.25) is 5.04 Å². The van der Waals surface area contributed by atoms with Gasteiger partial charge in [0.15, 0.2) is 0 Å². The first kappa shape index (κ1) is 64.8. The number of hydrogen-bond acceptors (Lipinski definition) is 29. The third-order valence-electron chi connectivity index (χ3n) is 7.38. The van der Waals surface area contributed by atoms with Crippen molar-refractivity contribution in [3.8, 4) is 0 Å². The summed E-state index contributed by atoms with van der Waals surface area (Å²) in [5, 5.41) is 66.9. The predicted molar refractivity (Wildman–Crippen MR) is 213 cm³/mol. The van der Waals surface area contributed by atoms with E-state index in [1.165, 1.54) is 18.2 Å². The molecule has 0 aliphatic rings. The van der Waals surface area contributed by atoms with Crippen LogP contribution in [0.5, 0.6) is 0 Å². The molecule has 10 N–H and O–H groups in total. The fourth-order valence-electron chi connectivity index (χ4n) is 4.64. The third kappa shape index (κ3) is 23.1. The summed E-state index contributed by atoms with van der Waals surface area (Å²) in [6.45, 7) is -1.92.